The van der Waals surface area contributed by atoms with Crippen molar-refractivity contribution in [3.05, 3.63) is 63.9 Å². The van der Waals surface area contributed by atoms with Crippen molar-refractivity contribution in [2.75, 3.05) is 0 Å². The Hall–Kier alpha value is -1.36. The lowest BCUT2D eigenvalue weighted by Gasteiger charge is -2.03. The maximum atomic E-state index is 5.10. The molecule has 3 aromatic rings. The Morgan fingerprint density at radius 3 is 2.21 bits per heavy atom. The fraction of sp³-hybridized carbons (Fsp3) is 0. The average Bonchev–Trinajstić information content (AvgIpc) is 2.87. The van der Waals surface area contributed by atoms with Crippen LogP contribution in [0.2, 0.25) is 0 Å². The maximum absolute atomic E-state index is 5.10. The Bertz CT molecular complexity index is 711. The molecule has 0 saturated heterocycles. The minimum Gasteiger partial charge on any atom is -0.337 e. The molecule has 1 heterocycles. The van der Waals surface area contributed by atoms with Crippen LogP contribution in [-0.2, 0) is 0 Å². The molecule has 0 fully saturated rings. The number of hydrogen-bond donors (Lipinski definition) is 1. The summed E-state index contributed by atoms with van der Waals surface area (Å²) in [6, 6.07) is 18.9. The van der Waals surface area contributed by atoms with Gasteiger partial charge in [-0.15, -0.1) is 11.3 Å². The molecule has 3 rings (SSSR count). The minimum absolute atomic E-state index is 0.817. The van der Waals surface area contributed by atoms with E-state index in [9.17, 15) is 0 Å². The zero-order valence-electron chi connectivity index (χ0n) is 10.00. The van der Waals surface area contributed by atoms with E-state index < -0.39 is 0 Å². The SMILES string of the molecule is S=c1[nH]c(-c2ccc(Sc3ccccc3)cc2)cs1. The largest absolute Gasteiger partial charge is 0.337 e. The van der Waals surface area contributed by atoms with Crippen molar-refractivity contribution in [1.82, 2.24) is 4.98 Å². The number of benzene rings is 2. The van der Waals surface area contributed by atoms with Crippen LogP contribution < -0.4 is 0 Å². The van der Waals surface area contributed by atoms with Crippen LogP contribution in [0.15, 0.2) is 69.8 Å². The van der Waals surface area contributed by atoms with E-state index in [1.807, 2.05) is 6.07 Å². The van der Waals surface area contributed by atoms with Gasteiger partial charge in [0.25, 0.3) is 0 Å². The Morgan fingerprint density at radius 1 is 0.895 bits per heavy atom. The quantitative estimate of drug-likeness (QED) is 0.631. The second kappa shape index (κ2) is 5.74. The second-order valence-corrected chi connectivity index (χ2v) is 6.69. The van der Waals surface area contributed by atoms with Gasteiger partial charge in [-0.25, -0.2) is 0 Å². The van der Waals surface area contributed by atoms with Crippen LogP contribution in [0, 0.1) is 3.95 Å². The summed E-state index contributed by atoms with van der Waals surface area (Å²) >= 11 is 8.43. The van der Waals surface area contributed by atoms with Crippen LogP contribution in [0.4, 0.5) is 0 Å². The minimum atomic E-state index is 0.817. The number of thiazole rings is 1. The summed E-state index contributed by atoms with van der Waals surface area (Å²) in [5, 5.41) is 2.06. The highest BCUT2D eigenvalue weighted by Crippen LogP contribution is 2.29. The molecule has 19 heavy (non-hydrogen) atoms. The van der Waals surface area contributed by atoms with Crippen LogP contribution in [0.5, 0.6) is 0 Å². The first kappa shape index (κ1) is 12.7. The molecule has 0 amide bonds. The van der Waals surface area contributed by atoms with Crippen molar-refractivity contribution < 1.29 is 0 Å². The highest BCUT2D eigenvalue weighted by atomic mass is 32.2. The van der Waals surface area contributed by atoms with E-state index in [0.29, 0.717) is 0 Å². The lowest BCUT2D eigenvalue weighted by atomic mass is 10.2. The summed E-state index contributed by atoms with van der Waals surface area (Å²) in [6.45, 7) is 0. The van der Waals surface area contributed by atoms with Crippen molar-refractivity contribution in [2.24, 2.45) is 0 Å². The van der Waals surface area contributed by atoms with Gasteiger partial charge in [0, 0.05) is 15.2 Å². The second-order valence-electron chi connectivity index (χ2n) is 4.00. The fourth-order valence-electron chi connectivity index (χ4n) is 1.75. The summed E-state index contributed by atoms with van der Waals surface area (Å²) in [6.07, 6.45) is 0. The van der Waals surface area contributed by atoms with Crippen LogP contribution in [-0.4, -0.2) is 4.98 Å². The maximum Gasteiger partial charge on any atom is 0.158 e. The lowest BCUT2D eigenvalue weighted by molar-refractivity contribution is 1.36. The molecule has 1 N–H and O–H groups in total. The normalized spacial score (nSPS) is 10.5. The van der Waals surface area contributed by atoms with Crippen LogP contribution in [0.3, 0.4) is 0 Å². The van der Waals surface area contributed by atoms with Gasteiger partial charge in [0.1, 0.15) is 0 Å². The summed E-state index contributed by atoms with van der Waals surface area (Å²) in [7, 11) is 0. The average molecular weight is 301 g/mol. The van der Waals surface area contributed by atoms with E-state index >= 15 is 0 Å². The molecule has 0 radical (unpaired) electrons. The summed E-state index contributed by atoms with van der Waals surface area (Å²) in [5.41, 5.74) is 2.26. The lowest BCUT2D eigenvalue weighted by Crippen LogP contribution is -1.78. The molecule has 94 valence electrons. The first-order valence-electron chi connectivity index (χ1n) is 5.82. The molecular weight excluding hydrogens is 290 g/mol. The van der Waals surface area contributed by atoms with Gasteiger partial charge in [0.15, 0.2) is 3.95 Å². The molecule has 0 spiro atoms. The zero-order chi connectivity index (χ0) is 13.1. The van der Waals surface area contributed by atoms with E-state index in [1.165, 1.54) is 15.4 Å². The highest BCUT2D eigenvalue weighted by Gasteiger charge is 2.01. The van der Waals surface area contributed by atoms with Gasteiger partial charge < -0.3 is 4.98 Å². The molecule has 2 aromatic carbocycles. The molecule has 1 aromatic heterocycles. The van der Waals surface area contributed by atoms with E-state index in [4.69, 9.17) is 12.2 Å². The zero-order valence-corrected chi connectivity index (χ0v) is 12.4. The number of hydrogen-bond acceptors (Lipinski definition) is 3. The van der Waals surface area contributed by atoms with Crippen molar-refractivity contribution in [2.45, 2.75) is 9.79 Å². The number of H-pyrrole nitrogens is 1. The molecular formula is C15H11NS3. The fourth-order valence-corrected chi connectivity index (χ4v) is 3.43. The van der Waals surface area contributed by atoms with Gasteiger partial charge in [-0.1, -0.05) is 42.1 Å². The molecule has 0 aliphatic heterocycles. The third-order valence-corrected chi connectivity index (χ3v) is 4.74. The summed E-state index contributed by atoms with van der Waals surface area (Å²) in [5.74, 6) is 0. The van der Waals surface area contributed by atoms with Gasteiger partial charge in [-0.3, -0.25) is 0 Å². The molecule has 0 bridgehead atoms. The van der Waals surface area contributed by atoms with Crippen LogP contribution in [0.25, 0.3) is 11.3 Å². The predicted octanol–water partition coefficient (Wildman–Crippen LogP) is 5.62. The standard InChI is InChI=1S/C15H11NS3/c17-15-16-14(10-18-15)11-6-8-13(9-7-11)19-12-4-2-1-3-5-12/h1-10H,(H,16,17). The third-order valence-electron chi connectivity index (χ3n) is 2.66. The number of aromatic nitrogens is 1. The van der Waals surface area contributed by atoms with Gasteiger partial charge in [-0.2, -0.15) is 0 Å². The van der Waals surface area contributed by atoms with Gasteiger partial charge in [-0.05, 0) is 42.0 Å². The Kier molecular flexibility index (Phi) is 3.82. The molecule has 0 atom stereocenters. The summed E-state index contributed by atoms with van der Waals surface area (Å²) in [4.78, 5) is 5.68. The van der Waals surface area contributed by atoms with Crippen LogP contribution >= 0.6 is 35.3 Å². The number of rotatable bonds is 3. The molecule has 0 saturated carbocycles. The van der Waals surface area contributed by atoms with Crippen molar-refractivity contribution in [1.29, 1.82) is 0 Å². The van der Waals surface area contributed by atoms with Crippen molar-refractivity contribution in [3.8, 4) is 11.3 Å². The molecule has 0 aliphatic rings. The van der Waals surface area contributed by atoms with Gasteiger partial charge in [0.2, 0.25) is 0 Å². The van der Waals surface area contributed by atoms with Gasteiger partial charge >= 0.3 is 0 Å². The van der Waals surface area contributed by atoms with E-state index in [2.05, 4.69) is 58.9 Å². The predicted molar refractivity (Wildman–Crippen MR) is 85.5 cm³/mol. The number of aromatic amines is 1. The molecule has 0 aliphatic carbocycles. The Balaban J connectivity index is 1.81. The smallest absolute Gasteiger partial charge is 0.158 e. The summed E-state index contributed by atoms with van der Waals surface area (Å²) < 4.78 is 0.817. The third kappa shape index (κ3) is 3.15. The topological polar surface area (TPSA) is 15.8 Å². The van der Waals surface area contributed by atoms with Crippen molar-refractivity contribution >= 4 is 35.3 Å². The van der Waals surface area contributed by atoms with E-state index in [0.717, 1.165) is 9.65 Å². The van der Waals surface area contributed by atoms with Crippen LogP contribution in [0.1, 0.15) is 0 Å². The molecule has 1 nitrogen and oxygen atoms in total. The highest BCUT2D eigenvalue weighted by molar-refractivity contribution is 7.99. The Morgan fingerprint density at radius 2 is 1.58 bits per heavy atom. The Labute approximate surface area is 125 Å². The van der Waals surface area contributed by atoms with E-state index in [-0.39, 0.29) is 0 Å². The first-order valence-corrected chi connectivity index (χ1v) is 7.93. The first-order chi connectivity index (χ1) is 9.31. The molecule has 4 heteroatoms. The molecule has 0 unspecified atom stereocenters. The van der Waals surface area contributed by atoms with E-state index in [1.54, 1.807) is 23.1 Å². The monoisotopic (exact) mass is 301 g/mol. The number of nitrogens with one attached hydrogen (secondary N) is 1. The van der Waals surface area contributed by atoms with Crippen molar-refractivity contribution in [3.63, 3.8) is 0 Å². The van der Waals surface area contributed by atoms with Gasteiger partial charge in [0.05, 0.1) is 5.69 Å².